The molecule has 4 heterocycles. The Balaban J connectivity index is 1.79. The molecule has 0 spiro atoms. The molecule has 3 N–H and O–H groups in total. The molecule has 7 nitrogen and oxygen atoms in total. The Morgan fingerprint density at radius 1 is 1.07 bits per heavy atom. The lowest BCUT2D eigenvalue weighted by atomic mass is 10.1. The molecule has 0 saturated carbocycles. The Morgan fingerprint density at radius 2 is 1.73 bits per heavy atom. The van der Waals surface area contributed by atoms with Gasteiger partial charge in [0.2, 0.25) is 5.95 Å². The van der Waals surface area contributed by atoms with Crippen molar-refractivity contribution in [2.45, 2.75) is 31.0 Å². The Labute approximate surface area is 168 Å². The van der Waals surface area contributed by atoms with E-state index in [9.17, 15) is 27.1 Å². The number of aliphatic hydroxyl groups is 1. The van der Waals surface area contributed by atoms with Gasteiger partial charge in [-0.1, -0.05) is 0 Å². The summed E-state index contributed by atoms with van der Waals surface area (Å²) in [5, 5.41) is 9.70. The number of nitrogen functional groups attached to an aromatic ring is 1. The first-order valence-electron chi connectivity index (χ1n) is 9.30. The van der Waals surface area contributed by atoms with Crippen molar-refractivity contribution < 1.29 is 27.1 Å². The van der Waals surface area contributed by atoms with Crippen LogP contribution in [-0.2, 0) is 6.18 Å². The molecule has 2 fully saturated rings. The van der Waals surface area contributed by atoms with E-state index in [1.807, 2.05) is 0 Å². The fourth-order valence-electron chi connectivity index (χ4n) is 3.51. The van der Waals surface area contributed by atoms with E-state index in [4.69, 9.17) is 5.73 Å². The fourth-order valence-corrected chi connectivity index (χ4v) is 3.51. The molecule has 2 aliphatic heterocycles. The lowest BCUT2D eigenvalue weighted by Gasteiger charge is -2.40. The van der Waals surface area contributed by atoms with E-state index in [-0.39, 0.29) is 28.8 Å². The van der Waals surface area contributed by atoms with Crippen LogP contribution >= 0.6 is 0 Å². The summed E-state index contributed by atoms with van der Waals surface area (Å²) in [5.74, 6) is -2.94. The number of anilines is 3. The van der Waals surface area contributed by atoms with Crippen LogP contribution in [0.4, 0.5) is 39.5 Å². The molecule has 0 radical (unpaired) electrons. The highest BCUT2D eigenvalue weighted by atomic mass is 19.4. The largest absolute Gasteiger partial charge is 0.417 e. The second kappa shape index (κ2) is 7.18. The van der Waals surface area contributed by atoms with Gasteiger partial charge in [0, 0.05) is 30.9 Å². The van der Waals surface area contributed by atoms with Gasteiger partial charge in [0.05, 0.1) is 30.5 Å². The quantitative estimate of drug-likeness (QED) is 0.724. The van der Waals surface area contributed by atoms with Crippen molar-refractivity contribution in [3.8, 4) is 11.3 Å². The lowest BCUT2D eigenvalue weighted by Crippen LogP contribution is -2.56. The maximum atomic E-state index is 13.6. The highest BCUT2D eigenvalue weighted by Crippen LogP contribution is 2.39. The summed E-state index contributed by atoms with van der Waals surface area (Å²) in [7, 11) is 0. The van der Waals surface area contributed by atoms with Gasteiger partial charge < -0.3 is 20.6 Å². The van der Waals surface area contributed by atoms with E-state index in [0.29, 0.717) is 32.0 Å². The number of nitrogens with two attached hydrogens (primary N) is 1. The number of alkyl halides is 5. The second-order valence-electron chi connectivity index (χ2n) is 7.49. The summed E-state index contributed by atoms with van der Waals surface area (Å²) in [6.45, 7) is -0.361. The van der Waals surface area contributed by atoms with Crippen molar-refractivity contribution in [3.05, 3.63) is 23.9 Å². The van der Waals surface area contributed by atoms with Gasteiger partial charge >= 0.3 is 6.18 Å². The van der Waals surface area contributed by atoms with Crippen molar-refractivity contribution in [1.29, 1.82) is 0 Å². The third-order valence-corrected chi connectivity index (χ3v) is 5.12. The van der Waals surface area contributed by atoms with Crippen LogP contribution in [0.5, 0.6) is 0 Å². The van der Waals surface area contributed by atoms with Crippen LogP contribution in [-0.4, -0.2) is 58.3 Å². The summed E-state index contributed by atoms with van der Waals surface area (Å²) in [6, 6.07) is 1.96. The Kier molecular flexibility index (Phi) is 4.91. The number of hydrogen-bond donors (Lipinski definition) is 2. The molecule has 30 heavy (non-hydrogen) atoms. The summed E-state index contributed by atoms with van der Waals surface area (Å²) in [4.78, 5) is 15.3. The molecule has 0 aromatic carbocycles. The van der Waals surface area contributed by atoms with Crippen molar-refractivity contribution >= 4 is 17.6 Å². The molecule has 2 aliphatic rings. The zero-order valence-electron chi connectivity index (χ0n) is 15.7. The minimum Gasteiger partial charge on any atom is -0.393 e. The Bertz CT molecular complexity index is 937. The van der Waals surface area contributed by atoms with Gasteiger partial charge in [0.15, 0.2) is 0 Å². The van der Waals surface area contributed by atoms with Crippen molar-refractivity contribution in [1.82, 2.24) is 15.0 Å². The number of piperidine rings is 1. The van der Waals surface area contributed by atoms with Gasteiger partial charge in [-0.25, -0.2) is 18.7 Å². The van der Waals surface area contributed by atoms with Crippen LogP contribution in [0.3, 0.4) is 0 Å². The van der Waals surface area contributed by atoms with E-state index in [1.54, 1.807) is 4.90 Å². The highest BCUT2D eigenvalue weighted by molar-refractivity contribution is 5.70. The molecule has 12 heteroatoms. The maximum absolute atomic E-state index is 13.6. The molecule has 0 amide bonds. The van der Waals surface area contributed by atoms with Crippen LogP contribution in [0.1, 0.15) is 18.4 Å². The topological polar surface area (TPSA) is 91.4 Å². The summed E-state index contributed by atoms with van der Waals surface area (Å²) >= 11 is 0. The third-order valence-electron chi connectivity index (χ3n) is 5.12. The van der Waals surface area contributed by atoms with Crippen LogP contribution in [0.25, 0.3) is 11.3 Å². The van der Waals surface area contributed by atoms with Crippen molar-refractivity contribution in [2.24, 2.45) is 0 Å². The second-order valence-corrected chi connectivity index (χ2v) is 7.49. The number of hydrogen-bond acceptors (Lipinski definition) is 7. The van der Waals surface area contributed by atoms with Crippen molar-refractivity contribution in [3.63, 3.8) is 0 Å². The summed E-state index contributed by atoms with van der Waals surface area (Å²) < 4.78 is 67.5. The molecule has 4 rings (SSSR count). The minimum atomic E-state index is -4.71. The van der Waals surface area contributed by atoms with Gasteiger partial charge in [0.25, 0.3) is 5.92 Å². The van der Waals surface area contributed by atoms with E-state index in [1.165, 1.54) is 11.0 Å². The number of rotatable bonds is 3. The van der Waals surface area contributed by atoms with E-state index in [2.05, 4.69) is 15.0 Å². The average molecular weight is 430 g/mol. The molecular formula is C18H19F5N6O. The predicted octanol–water partition coefficient (Wildman–Crippen LogP) is 2.56. The van der Waals surface area contributed by atoms with Gasteiger partial charge in [-0.3, -0.25) is 0 Å². The fraction of sp³-hybridized carbons (Fsp3) is 0.500. The monoisotopic (exact) mass is 430 g/mol. The average Bonchev–Trinajstić information content (AvgIpc) is 2.65. The molecule has 2 saturated heterocycles. The zero-order chi connectivity index (χ0) is 21.7. The number of aromatic nitrogens is 3. The zero-order valence-corrected chi connectivity index (χ0v) is 15.7. The smallest absolute Gasteiger partial charge is 0.393 e. The first-order valence-corrected chi connectivity index (χ1v) is 9.30. The van der Waals surface area contributed by atoms with Gasteiger partial charge in [-0.05, 0) is 18.9 Å². The number of halogens is 5. The van der Waals surface area contributed by atoms with Crippen LogP contribution in [0.2, 0.25) is 0 Å². The number of pyridine rings is 1. The van der Waals surface area contributed by atoms with Crippen LogP contribution in [0.15, 0.2) is 18.3 Å². The van der Waals surface area contributed by atoms with Gasteiger partial charge in [-0.2, -0.15) is 18.2 Å². The normalized spacial score (nSPS) is 19.7. The Morgan fingerprint density at radius 3 is 2.33 bits per heavy atom. The minimum absolute atomic E-state index is 0.0869. The first kappa shape index (κ1) is 20.5. The first-order chi connectivity index (χ1) is 14.0. The highest BCUT2D eigenvalue weighted by Gasteiger charge is 2.45. The standard InChI is InChI=1S/C18H19F5N6O/c19-17(20)8-29(9-17)15-6-13(11-7-25-14(24)5-12(11)18(21,22)23)26-16(27-15)28-3-1-10(30)2-4-28/h5-7,10,30H,1-4,8-9H2,(H2,24,25). The molecule has 162 valence electrons. The van der Waals surface area contributed by atoms with Gasteiger partial charge in [-0.15, -0.1) is 0 Å². The maximum Gasteiger partial charge on any atom is 0.417 e. The summed E-state index contributed by atoms with van der Waals surface area (Å²) in [6.07, 6.45) is -3.32. The molecule has 2 aromatic heterocycles. The number of aliphatic hydroxyl groups excluding tert-OH is 1. The van der Waals surface area contributed by atoms with Crippen molar-refractivity contribution in [2.75, 3.05) is 41.7 Å². The van der Waals surface area contributed by atoms with Crippen LogP contribution in [0, 0.1) is 0 Å². The number of nitrogens with zero attached hydrogens (tertiary/aromatic N) is 5. The molecule has 2 aromatic rings. The Hall–Kier alpha value is -2.76. The SMILES string of the molecule is Nc1cc(C(F)(F)F)c(-c2cc(N3CC(F)(F)C3)nc(N3CCC(O)CC3)n2)cn1. The predicted molar refractivity (Wildman–Crippen MR) is 99.3 cm³/mol. The molecule has 0 unspecified atom stereocenters. The molecule has 0 atom stereocenters. The molecule has 0 bridgehead atoms. The molecule has 0 aliphatic carbocycles. The third kappa shape index (κ3) is 4.09. The van der Waals surface area contributed by atoms with E-state index < -0.39 is 36.9 Å². The van der Waals surface area contributed by atoms with Gasteiger partial charge in [0.1, 0.15) is 11.6 Å². The van der Waals surface area contributed by atoms with E-state index in [0.717, 1.165) is 6.20 Å². The molecular weight excluding hydrogens is 411 g/mol. The van der Waals surface area contributed by atoms with Crippen LogP contribution < -0.4 is 15.5 Å². The van der Waals surface area contributed by atoms with E-state index >= 15 is 0 Å². The lowest BCUT2D eigenvalue weighted by molar-refractivity contribution is -0.137. The summed E-state index contributed by atoms with van der Waals surface area (Å²) in [5.41, 5.74) is 4.01.